The van der Waals surface area contributed by atoms with Gasteiger partial charge in [-0.2, -0.15) is 5.10 Å². The van der Waals surface area contributed by atoms with Crippen molar-refractivity contribution in [3.05, 3.63) is 123 Å². The number of rotatable bonds is 9. The molecule has 0 bridgehead atoms. The molecule has 0 saturated heterocycles. The van der Waals surface area contributed by atoms with Gasteiger partial charge >= 0.3 is 5.97 Å². The Morgan fingerprint density at radius 2 is 1.62 bits per heavy atom. The quantitative estimate of drug-likeness (QED) is 0.100. The molecule has 0 spiro atoms. The van der Waals surface area contributed by atoms with Crippen LogP contribution in [0.3, 0.4) is 0 Å². The Bertz CT molecular complexity index is 1570. The summed E-state index contributed by atoms with van der Waals surface area (Å²) in [4.78, 5) is 38.1. The van der Waals surface area contributed by atoms with E-state index in [1.807, 2.05) is 19.9 Å². The number of halogens is 1. The van der Waals surface area contributed by atoms with Crippen LogP contribution in [0.25, 0.3) is 0 Å². The number of hydrogen-bond donors (Lipinski definition) is 2. The maximum Gasteiger partial charge on any atom is 0.343 e. The van der Waals surface area contributed by atoms with Crippen molar-refractivity contribution in [1.29, 1.82) is 0 Å². The van der Waals surface area contributed by atoms with Crippen LogP contribution in [0.1, 0.15) is 49.1 Å². The van der Waals surface area contributed by atoms with Gasteiger partial charge in [0.1, 0.15) is 0 Å². The Kier molecular flexibility index (Phi) is 9.43. The van der Waals surface area contributed by atoms with Crippen molar-refractivity contribution in [2.75, 3.05) is 11.9 Å². The molecule has 40 heavy (non-hydrogen) atoms. The number of esters is 1. The molecule has 4 aromatic rings. The van der Waals surface area contributed by atoms with Crippen LogP contribution in [-0.4, -0.2) is 30.6 Å². The average molecular weight is 600 g/mol. The van der Waals surface area contributed by atoms with E-state index in [0.29, 0.717) is 34.7 Å². The van der Waals surface area contributed by atoms with Crippen LogP contribution in [-0.2, 0) is 0 Å². The first-order chi connectivity index (χ1) is 19.3. The van der Waals surface area contributed by atoms with Gasteiger partial charge in [-0.25, -0.2) is 10.2 Å². The molecule has 0 heterocycles. The molecule has 2 amide bonds. The van der Waals surface area contributed by atoms with Gasteiger partial charge in [0.25, 0.3) is 11.8 Å². The van der Waals surface area contributed by atoms with Crippen LogP contribution in [0.4, 0.5) is 5.69 Å². The van der Waals surface area contributed by atoms with Gasteiger partial charge < -0.3 is 14.8 Å². The monoisotopic (exact) mass is 599 g/mol. The summed E-state index contributed by atoms with van der Waals surface area (Å²) in [6, 6.07) is 25.6. The maximum absolute atomic E-state index is 12.9. The minimum atomic E-state index is -0.518. The van der Waals surface area contributed by atoms with Gasteiger partial charge in [-0.1, -0.05) is 45.8 Å². The van der Waals surface area contributed by atoms with Crippen LogP contribution in [0.5, 0.6) is 11.5 Å². The van der Waals surface area contributed by atoms with E-state index in [9.17, 15) is 14.4 Å². The second kappa shape index (κ2) is 13.3. The number of ether oxygens (including phenoxy) is 2. The van der Waals surface area contributed by atoms with Gasteiger partial charge in [-0.3, -0.25) is 9.59 Å². The molecule has 202 valence electrons. The van der Waals surface area contributed by atoms with Gasteiger partial charge in [-0.05, 0) is 86.1 Å². The van der Waals surface area contributed by atoms with E-state index in [2.05, 4.69) is 31.8 Å². The SMILES string of the molecule is CCOc1cc(/C=N\NC(=O)c2ccccc2NC(=O)c2cccc(C)c2)ccc1OC(=O)c1ccc(Br)cc1. The fraction of sp³-hybridized carbons (Fsp3) is 0.0968. The zero-order valence-corrected chi connectivity index (χ0v) is 23.4. The van der Waals surface area contributed by atoms with Crippen LogP contribution in [0.15, 0.2) is 101 Å². The highest BCUT2D eigenvalue weighted by Crippen LogP contribution is 2.29. The predicted molar refractivity (Wildman–Crippen MR) is 157 cm³/mol. The molecular formula is C31H26BrN3O5. The first-order valence-electron chi connectivity index (χ1n) is 12.4. The van der Waals surface area contributed by atoms with Crippen LogP contribution < -0.4 is 20.2 Å². The normalized spacial score (nSPS) is 10.7. The molecule has 0 aromatic heterocycles. The van der Waals surface area contributed by atoms with E-state index in [-0.39, 0.29) is 17.2 Å². The second-order valence-electron chi connectivity index (χ2n) is 8.60. The van der Waals surface area contributed by atoms with E-state index in [0.717, 1.165) is 10.0 Å². The van der Waals surface area contributed by atoms with E-state index in [4.69, 9.17) is 9.47 Å². The number of amides is 2. The predicted octanol–water partition coefficient (Wildman–Crippen LogP) is 6.39. The van der Waals surface area contributed by atoms with Crippen molar-refractivity contribution in [2.45, 2.75) is 13.8 Å². The third-order valence-electron chi connectivity index (χ3n) is 5.63. The number of para-hydroxylation sites is 1. The van der Waals surface area contributed by atoms with Gasteiger partial charge in [0.05, 0.1) is 29.6 Å². The number of anilines is 1. The molecule has 0 saturated carbocycles. The number of benzene rings is 4. The second-order valence-corrected chi connectivity index (χ2v) is 9.52. The third kappa shape index (κ3) is 7.42. The zero-order valence-electron chi connectivity index (χ0n) is 21.8. The first kappa shape index (κ1) is 28.3. The Balaban J connectivity index is 1.43. The minimum absolute atomic E-state index is 0.255. The standard InChI is InChI=1S/C31H26BrN3O5/c1-3-39-28-18-21(11-16-27(28)40-31(38)22-12-14-24(32)15-13-22)19-33-35-30(37)25-9-4-5-10-26(25)34-29(36)23-8-6-7-20(2)17-23/h4-19H,3H2,1-2H3,(H,34,36)(H,35,37)/b33-19-. The molecule has 0 aliphatic carbocycles. The lowest BCUT2D eigenvalue weighted by Crippen LogP contribution is -2.21. The average Bonchev–Trinajstić information content (AvgIpc) is 2.95. The summed E-state index contributed by atoms with van der Waals surface area (Å²) in [5.74, 6) is -0.727. The van der Waals surface area contributed by atoms with Gasteiger partial charge in [0.2, 0.25) is 0 Å². The largest absolute Gasteiger partial charge is 0.490 e. The van der Waals surface area contributed by atoms with E-state index >= 15 is 0 Å². The highest BCUT2D eigenvalue weighted by atomic mass is 79.9. The molecule has 4 rings (SSSR count). The summed E-state index contributed by atoms with van der Waals surface area (Å²) in [5.41, 5.74) is 5.54. The number of nitrogens with one attached hydrogen (secondary N) is 2. The summed E-state index contributed by atoms with van der Waals surface area (Å²) in [6.07, 6.45) is 1.44. The smallest absolute Gasteiger partial charge is 0.343 e. The number of hydrogen-bond acceptors (Lipinski definition) is 6. The molecule has 9 heteroatoms. The highest BCUT2D eigenvalue weighted by Gasteiger charge is 2.15. The molecule has 0 fully saturated rings. The molecule has 8 nitrogen and oxygen atoms in total. The molecule has 0 atom stereocenters. The van der Waals surface area contributed by atoms with Gasteiger partial charge in [0.15, 0.2) is 11.5 Å². The number of carbonyl (C=O) groups is 3. The topological polar surface area (TPSA) is 106 Å². The van der Waals surface area contributed by atoms with E-state index in [1.165, 1.54) is 6.21 Å². The number of carbonyl (C=O) groups excluding carboxylic acids is 3. The Hall–Kier alpha value is -4.76. The fourth-order valence-electron chi connectivity index (χ4n) is 3.70. The van der Waals surface area contributed by atoms with Crippen LogP contribution in [0, 0.1) is 6.92 Å². The first-order valence-corrected chi connectivity index (χ1v) is 13.2. The third-order valence-corrected chi connectivity index (χ3v) is 6.16. The molecule has 0 unspecified atom stereocenters. The van der Waals surface area contributed by atoms with Crippen molar-refractivity contribution in [1.82, 2.24) is 5.43 Å². The maximum atomic E-state index is 12.9. The summed E-state index contributed by atoms with van der Waals surface area (Å²) >= 11 is 3.34. The Morgan fingerprint density at radius 3 is 2.38 bits per heavy atom. The fourth-order valence-corrected chi connectivity index (χ4v) is 3.96. The van der Waals surface area contributed by atoms with Crippen molar-refractivity contribution in [3.63, 3.8) is 0 Å². The van der Waals surface area contributed by atoms with Crippen molar-refractivity contribution < 1.29 is 23.9 Å². The zero-order chi connectivity index (χ0) is 28.5. The number of aryl methyl sites for hydroxylation is 1. The Labute approximate surface area is 240 Å². The molecular weight excluding hydrogens is 574 g/mol. The summed E-state index contributed by atoms with van der Waals surface area (Å²) in [7, 11) is 0. The number of nitrogens with zero attached hydrogens (tertiary/aromatic N) is 1. The van der Waals surface area contributed by atoms with Crippen molar-refractivity contribution >= 4 is 45.6 Å². The highest BCUT2D eigenvalue weighted by molar-refractivity contribution is 9.10. The molecule has 0 aliphatic heterocycles. The van der Waals surface area contributed by atoms with Crippen LogP contribution >= 0.6 is 15.9 Å². The lowest BCUT2D eigenvalue weighted by atomic mass is 10.1. The van der Waals surface area contributed by atoms with Crippen molar-refractivity contribution in [2.24, 2.45) is 5.10 Å². The summed E-state index contributed by atoms with van der Waals surface area (Å²) in [6.45, 7) is 4.07. The summed E-state index contributed by atoms with van der Waals surface area (Å²) in [5, 5.41) is 6.84. The Morgan fingerprint density at radius 1 is 0.850 bits per heavy atom. The van der Waals surface area contributed by atoms with E-state index in [1.54, 1.807) is 84.9 Å². The minimum Gasteiger partial charge on any atom is -0.490 e. The van der Waals surface area contributed by atoms with Crippen LogP contribution in [0.2, 0.25) is 0 Å². The summed E-state index contributed by atoms with van der Waals surface area (Å²) < 4.78 is 12.0. The van der Waals surface area contributed by atoms with Crippen molar-refractivity contribution in [3.8, 4) is 11.5 Å². The molecule has 0 aliphatic rings. The molecule has 2 N–H and O–H groups in total. The molecule has 0 radical (unpaired) electrons. The van der Waals surface area contributed by atoms with Gasteiger partial charge in [-0.15, -0.1) is 0 Å². The number of hydrazone groups is 1. The van der Waals surface area contributed by atoms with Gasteiger partial charge in [0, 0.05) is 10.0 Å². The lowest BCUT2D eigenvalue weighted by molar-refractivity contribution is 0.0728. The lowest BCUT2D eigenvalue weighted by Gasteiger charge is -2.12. The molecule has 4 aromatic carbocycles. The van der Waals surface area contributed by atoms with E-state index < -0.39 is 11.9 Å².